The van der Waals surface area contributed by atoms with E-state index in [9.17, 15) is 17.2 Å². The second kappa shape index (κ2) is 6.05. The Balaban J connectivity index is 1.95. The lowest BCUT2D eigenvalue weighted by atomic mass is 10.1. The lowest BCUT2D eigenvalue weighted by Crippen LogP contribution is -2.17. The molecule has 0 aromatic heterocycles. The third kappa shape index (κ3) is 3.46. The summed E-state index contributed by atoms with van der Waals surface area (Å²) in [6, 6.07) is 5.67. The summed E-state index contributed by atoms with van der Waals surface area (Å²) in [5.74, 6) is -2.88. The van der Waals surface area contributed by atoms with Crippen LogP contribution in [0.15, 0.2) is 29.2 Å². The Kier molecular flexibility index (Phi) is 4.59. The van der Waals surface area contributed by atoms with Crippen molar-refractivity contribution in [3.05, 3.63) is 24.3 Å². The number of halogens is 2. The van der Waals surface area contributed by atoms with Crippen molar-refractivity contribution in [2.75, 3.05) is 11.9 Å². The number of hydrogen-bond acceptors (Lipinski definition) is 4. The van der Waals surface area contributed by atoms with Gasteiger partial charge in [0.2, 0.25) is 9.84 Å². The SMILES string of the molecule is NC1CCC(CNc2ccc(S(=O)(=O)C(F)F)cc2)C1. The van der Waals surface area contributed by atoms with Crippen molar-refractivity contribution in [3.8, 4) is 0 Å². The predicted molar refractivity (Wildman–Crippen MR) is 73.4 cm³/mol. The van der Waals surface area contributed by atoms with Crippen molar-refractivity contribution in [1.82, 2.24) is 0 Å². The molecule has 1 aromatic rings. The summed E-state index contributed by atoms with van der Waals surface area (Å²) in [7, 11) is -4.51. The first-order valence-electron chi connectivity index (χ1n) is 6.51. The average Bonchev–Trinajstić information content (AvgIpc) is 2.82. The molecule has 2 atom stereocenters. The van der Waals surface area contributed by atoms with Gasteiger partial charge in [0.05, 0.1) is 4.90 Å². The lowest BCUT2D eigenvalue weighted by molar-refractivity contribution is 0.234. The summed E-state index contributed by atoms with van der Waals surface area (Å²) in [6.07, 6.45) is 3.08. The molecule has 1 fully saturated rings. The van der Waals surface area contributed by atoms with Crippen LogP contribution in [0.4, 0.5) is 14.5 Å². The highest BCUT2D eigenvalue weighted by Gasteiger charge is 2.26. The molecule has 4 nitrogen and oxygen atoms in total. The monoisotopic (exact) mass is 304 g/mol. The summed E-state index contributed by atoms with van der Waals surface area (Å²) in [5, 5.41) is 3.18. The Morgan fingerprint density at radius 3 is 2.40 bits per heavy atom. The molecule has 0 spiro atoms. The van der Waals surface area contributed by atoms with Gasteiger partial charge in [-0.3, -0.25) is 0 Å². The molecule has 3 N–H and O–H groups in total. The molecule has 7 heteroatoms. The van der Waals surface area contributed by atoms with E-state index in [0.29, 0.717) is 5.92 Å². The van der Waals surface area contributed by atoms with Crippen LogP contribution in [0.1, 0.15) is 19.3 Å². The molecule has 1 saturated carbocycles. The van der Waals surface area contributed by atoms with E-state index in [1.165, 1.54) is 24.3 Å². The van der Waals surface area contributed by atoms with Crippen LogP contribution in [0.5, 0.6) is 0 Å². The second-order valence-corrected chi connectivity index (χ2v) is 7.07. The van der Waals surface area contributed by atoms with Crippen molar-refractivity contribution in [2.24, 2.45) is 11.7 Å². The fourth-order valence-electron chi connectivity index (χ4n) is 2.43. The van der Waals surface area contributed by atoms with E-state index in [1.54, 1.807) is 0 Å². The minimum Gasteiger partial charge on any atom is -0.385 e. The highest BCUT2D eigenvalue weighted by molar-refractivity contribution is 7.91. The second-order valence-electron chi connectivity index (χ2n) is 5.15. The van der Waals surface area contributed by atoms with Gasteiger partial charge in [0.1, 0.15) is 0 Å². The lowest BCUT2D eigenvalue weighted by Gasteiger charge is -2.12. The molecule has 1 aromatic carbocycles. The first-order valence-corrected chi connectivity index (χ1v) is 8.06. The van der Waals surface area contributed by atoms with Crippen LogP contribution in [-0.4, -0.2) is 26.8 Å². The van der Waals surface area contributed by atoms with Crippen LogP contribution >= 0.6 is 0 Å². The van der Waals surface area contributed by atoms with E-state index in [4.69, 9.17) is 5.73 Å². The summed E-state index contributed by atoms with van der Waals surface area (Å²) >= 11 is 0. The topological polar surface area (TPSA) is 72.2 Å². The zero-order valence-corrected chi connectivity index (χ0v) is 11.7. The summed E-state index contributed by atoms with van der Waals surface area (Å²) in [4.78, 5) is -0.360. The maximum Gasteiger partial charge on any atom is 0.341 e. The van der Waals surface area contributed by atoms with Crippen molar-refractivity contribution >= 4 is 15.5 Å². The minimum atomic E-state index is -4.51. The van der Waals surface area contributed by atoms with Gasteiger partial charge in [-0.2, -0.15) is 8.78 Å². The molecule has 2 unspecified atom stereocenters. The smallest absolute Gasteiger partial charge is 0.341 e. The third-order valence-corrected chi connectivity index (χ3v) is 4.99. The van der Waals surface area contributed by atoms with Crippen LogP contribution in [0.2, 0.25) is 0 Å². The molecule has 1 aliphatic rings. The van der Waals surface area contributed by atoms with Gasteiger partial charge in [0.25, 0.3) is 0 Å². The van der Waals surface area contributed by atoms with E-state index >= 15 is 0 Å². The number of nitrogens with one attached hydrogen (secondary N) is 1. The zero-order chi connectivity index (χ0) is 14.8. The van der Waals surface area contributed by atoms with Crippen LogP contribution in [0.25, 0.3) is 0 Å². The van der Waals surface area contributed by atoms with Gasteiger partial charge in [-0.25, -0.2) is 8.42 Å². The maximum absolute atomic E-state index is 12.4. The molecule has 2 rings (SSSR count). The van der Waals surface area contributed by atoms with Gasteiger partial charge >= 0.3 is 5.76 Å². The maximum atomic E-state index is 12.4. The van der Waals surface area contributed by atoms with Crippen LogP contribution in [0.3, 0.4) is 0 Å². The number of anilines is 1. The standard InChI is InChI=1S/C13H18F2N2O2S/c14-13(15)20(18,19)12-5-3-11(4-6-12)17-8-9-1-2-10(16)7-9/h3-6,9-10,13,17H,1-2,7-8,16H2. The van der Waals surface area contributed by atoms with Gasteiger partial charge < -0.3 is 11.1 Å². The quantitative estimate of drug-likeness (QED) is 0.875. The van der Waals surface area contributed by atoms with Crippen LogP contribution in [0, 0.1) is 5.92 Å². The Bertz CT molecular complexity index is 546. The number of benzene rings is 1. The molecular weight excluding hydrogens is 286 g/mol. The van der Waals surface area contributed by atoms with Gasteiger partial charge in [-0.1, -0.05) is 0 Å². The summed E-state index contributed by atoms with van der Waals surface area (Å²) in [6.45, 7) is 0.759. The number of nitrogens with two attached hydrogens (primary N) is 1. The normalized spacial score (nSPS) is 23.2. The largest absolute Gasteiger partial charge is 0.385 e. The Morgan fingerprint density at radius 2 is 1.90 bits per heavy atom. The third-order valence-electron chi connectivity index (χ3n) is 3.59. The molecule has 0 aliphatic heterocycles. The first kappa shape index (κ1) is 15.2. The predicted octanol–water partition coefficient (Wildman–Crippen LogP) is 2.22. The van der Waals surface area contributed by atoms with Crippen molar-refractivity contribution in [3.63, 3.8) is 0 Å². The number of sulfone groups is 1. The Hall–Kier alpha value is -1.21. The number of alkyl halides is 2. The van der Waals surface area contributed by atoms with E-state index in [-0.39, 0.29) is 10.9 Å². The van der Waals surface area contributed by atoms with Gasteiger partial charge in [-0.15, -0.1) is 0 Å². The fraction of sp³-hybridized carbons (Fsp3) is 0.538. The van der Waals surface area contributed by atoms with Gasteiger partial charge in [0, 0.05) is 18.3 Å². The van der Waals surface area contributed by atoms with Crippen molar-refractivity contribution < 1.29 is 17.2 Å². The van der Waals surface area contributed by atoms with Crippen LogP contribution in [-0.2, 0) is 9.84 Å². The van der Waals surface area contributed by atoms with Crippen molar-refractivity contribution in [2.45, 2.75) is 36.0 Å². The summed E-state index contributed by atoms with van der Waals surface area (Å²) < 4.78 is 47.3. The molecule has 0 saturated heterocycles. The van der Waals surface area contributed by atoms with Gasteiger partial charge in [0.15, 0.2) is 0 Å². The molecular formula is C13H18F2N2O2S. The molecule has 20 heavy (non-hydrogen) atoms. The van der Waals surface area contributed by atoms with E-state index in [2.05, 4.69) is 5.32 Å². The van der Waals surface area contributed by atoms with Gasteiger partial charge in [-0.05, 0) is 49.4 Å². The number of hydrogen-bond donors (Lipinski definition) is 2. The Morgan fingerprint density at radius 1 is 1.25 bits per heavy atom. The van der Waals surface area contributed by atoms with Crippen molar-refractivity contribution in [1.29, 1.82) is 0 Å². The zero-order valence-electron chi connectivity index (χ0n) is 10.9. The molecule has 1 aliphatic carbocycles. The Labute approximate surface area is 117 Å². The highest BCUT2D eigenvalue weighted by Crippen LogP contribution is 2.25. The van der Waals surface area contributed by atoms with E-state index in [0.717, 1.165) is 31.5 Å². The molecule has 0 radical (unpaired) electrons. The van der Waals surface area contributed by atoms with Crippen LogP contribution < -0.4 is 11.1 Å². The fourth-order valence-corrected chi connectivity index (χ4v) is 3.15. The molecule has 0 amide bonds. The highest BCUT2D eigenvalue weighted by atomic mass is 32.2. The van der Waals surface area contributed by atoms with E-state index < -0.39 is 15.6 Å². The first-order chi connectivity index (χ1) is 9.39. The average molecular weight is 304 g/mol. The minimum absolute atomic E-state index is 0.264. The van der Waals surface area contributed by atoms with E-state index in [1.807, 2.05) is 0 Å². The molecule has 112 valence electrons. The molecule has 0 heterocycles. The number of rotatable bonds is 5. The molecule has 0 bridgehead atoms. The summed E-state index contributed by atoms with van der Waals surface area (Å²) in [5.41, 5.74) is 6.55.